The second-order valence-corrected chi connectivity index (χ2v) is 8.97. The number of nitrogens with zero attached hydrogens (tertiary/aromatic N) is 1. The van der Waals surface area contributed by atoms with Crippen LogP contribution >= 0.6 is 11.6 Å². The summed E-state index contributed by atoms with van der Waals surface area (Å²) in [6, 6.07) is 5.78. The minimum absolute atomic E-state index is 0.0268. The highest BCUT2D eigenvalue weighted by Crippen LogP contribution is 2.30. The van der Waals surface area contributed by atoms with Gasteiger partial charge in [0.1, 0.15) is 11.9 Å². The van der Waals surface area contributed by atoms with E-state index in [9.17, 15) is 27.9 Å². The van der Waals surface area contributed by atoms with Gasteiger partial charge in [-0.25, -0.2) is 0 Å². The zero-order chi connectivity index (χ0) is 27.8. The van der Waals surface area contributed by atoms with E-state index in [1.807, 2.05) is 24.0 Å². The molecule has 0 aliphatic carbocycles. The average Bonchev–Trinajstić information content (AvgIpc) is 2.79. The minimum atomic E-state index is -4.85. The number of ether oxygens (including phenoxy) is 1. The number of carboxylic acid groups (broad SMARTS) is 1. The molecule has 204 valence electrons. The third kappa shape index (κ3) is 10.1. The molecular weight excluding hydrogens is 519 g/mol. The molecule has 4 N–H and O–H groups in total. The van der Waals surface area contributed by atoms with Gasteiger partial charge >= 0.3 is 6.18 Å². The maximum atomic E-state index is 13.1. The van der Waals surface area contributed by atoms with Crippen LogP contribution in [0.5, 0.6) is 5.75 Å². The number of aliphatic carboxylic acids is 1. The zero-order valence-electron chi connectivity index (χ0n) is 20.3. The van der Waals surface area contributed by atoms with Crippen LogP contribution in [-0.2, 0) is 11.0 Å². The van der Waals surface area contributed by atoms with Gasteiger partial charge < -0.3 is 30.2 Å². The first-order valence-electron chi connectivity index (χ1n) is 11.4. The predicted octanol–water partition coefficient (Wildman–Crippen LogP) is 3.08. The van der Waals surface area contributed by atoms with Gasteiger partial charge in [0, 0.05) is 50.4 Å². The lowest BCUT2D eigenvalue weighted by molar-refractivity contribution is -0.138. The first kappa shape index (κ1) is 30.1. The van der Waals surface area contributed by atoms with Crippen molar-refractivity contribution in [3.63, 3.8) is 0 Å². The molecule has 2 aromatic rings. The molecule has 1 amide bonds. The minimum Gasteiger partial charge on any atom is -0.490 e. The van der Waals surface area contributed by atoms with Crippen molar-refractivity contribution in [1.82, 2.24) is 15.2 Å². The van der Waals surface area contributed by atoms with Gasteiger partial charge in [-0.15, -0.1) is 0 Å². The van der Waals surface area contributed by atoms with E-state index in [1.54, 1.807) is 6.07 Å². The number of rotatable bonds is 7. The lowest BCUT2D eigenvalue weighted by Crippen LogP contribution is -2.45. The van der Waals surface area contributed by atoms with Gasteiger partial charge in [0.25, 0.3) is 11.9 Å². The number of aryl methyl sites for hydroxylation is 1. The van der Waals surface area contributed by atoms with E-state index in [2.05, 4.69) is 10.3 Å². The van der Waals surface area contributed by atoms with E-state index in [1.165, 1.54) is 0 Å². The standard InChI is InChI=1S/C22H25ClF3N3O4.C2H4O2/c1-13-8-14(23)2-3-19(13)33-16-4-6-29(7-5-16)12-15(30)10-28-21(32)17-11-27-20(31)9-18(17)22(24,25)26;1-2(3)4/h2-3,8-9,11,15-16,30H,4-7,10,12H2,1H3,(H,27,31)(H,28,32);1H3,(H,3,4)/t15-;/m1./s1. The fourth-order valence-electron chi connectivity index (χ4n) is 3.70. The van der Waals surface area contributed by atoms with Crippen molar-refractivity contribution in [3.05, 3.63) is 62.5 Å². The molecular formula is C24H29ClF3N3O6. The quantitative estimate of drug-likeness (QED) is 0.419. The number of aromatic amines is 1. The van der Waals surface area contributed by atoms with Crippen LogP contribution < -0.4 is 15.6 Å². The number of β-amino-alcohol motifs (C(OH)–C–C–N with tert-alkyl or cyclic N) is 1. The fourth-order valence-corrected chi connectivity index (χ4v) is 3.92. The van der Waals surface area contributed by atoms with E-state index in [4.69, 9.17) is 26.2 Å². The van der Waals surface area contributed by atoms with Crippen molar-refractivity contribution in [1.29, 1.82) is 0 Å². The molecule has 1 aliphatic heterocycles. The van der Waals surface area contributed by atoms with Crippen molar-refractivity contribution in [3.8, 4) is 5.75 Å². The number of H-pyrrole nitrogens is 1. The number of benzene rings is 1. The maximum Gasteiger partial charge on any atom is 0.417 e. The van der Waals surface area contributed by atoms with E-state index >= 15 is 0 Å². The van der Waals surface area contributed by atoms with Crippen LogP contribution in [0, 0.1) is 6.92 Å². The molecule has 37 heavy (non-hydrogen) atoms. The first-order chi connectivity index (χ1) is 17.3. The van der Waals surface area contributed by atoms with Gasteiger partial charge in [0.2, 0.25) is 5.56 Å². The Morgan fingerprint density at radius 3 is 2.46 bits per heavy atom. The summed E-state index contributed by atoms with van der Waals surface area (Å²) in [5.41, 5.74) is -2.04. The lowest BCUT2D eigenvalue weighted by atomic mass is 10.1. The molecule has 2 heterocycles. The number of amides is 1. The number of hydrogen-bond donors (Lipinski definition) is 4. The second-order valence-electron chi connectivity index (χ2n) is 8.53. The molecule has 1 saturated heterocycles. The molecule has 0 saturated carbocycles. The Morgan fingerprint density at radius 2 is 1.89 bits per heavy atom. The lowest BCUT2D eigenvalue weighted by Gasteiger charge is -2.33. The molecule has 1 aromatic carbocycles. The Bertz CT molecular complexity index is 1130. The third-order valence-electron chi connectivity index (χ3n) is 5.41. The zero-order valence-corrected chi connectivity index (χ0v) is 21.0. The number of nitrogens with one attached hydrogen (secondary N) is 2. The number of carbonyl (C=O) groups is 2. The third-order valence-corrected chi connectivity index (χ3v) is 5.64. The Balaban J connectivity index is 0.00000112. The highest BCUT2D eigenvalue weighted by Gasteiger charge is 2.36. The van der Waals surface area contributed by atoms with Gasteiger partial charge in [-0.3, -0.25) is 14.4 Å². The number of piperidine rings is 1. The smallest absolute Gasteiger partial charge is 0.417 e. The van der Waals surface area contributed by atoms with Crippen molar-refractivity contribution in [2.75, 3.05) is 26.2 Å². The normalized spacial score (nSPS) is 15.3. The number of aliphatic hydroxyl groups excluding tert-OH is 1. The number of aliphatic hydroxyl groups is 1. The van der Waals surface area contributed by atoms with E-state index in [-0.39, 0.29) is 19.2 Å². The summed E-state index contributed by atoms with van der Waals surface area (Å²) in [5, 5.41) is 20.6. The number of halogens is 4. The highest BCUT2D eigenvalue weighted by molar-refractivity contribution is 6.30. The highest BCUT2D eigenvalue weighted by atomic mass is 35.5. The number of likely N-dealkylation sites (tertiary alicyclic amines) is 1. The molecule has 1 aromatic heterocycles. The van der Waals surface area contributed by atoms with E-state index in [0.29, 0.717) is 24.2 Å². The van der Waals surface area contributed by atoms with E-state index < -0.39 is 40.8 Å². The Kier molecular flexibility index (Phi) is 11.0. The average molecular weight is 548 g/mol. The number of carbonyl (C=O) groups excluding carboxylic acids is 1. The van der Waals surface area contributed by atoms with E-state index in [0.717, 1.165) is 37.3 Å². The Hall–Kier alpha value is -3.09. The summed E-state index contributed by atoms with van der Waals surface area (Å²) >= 11 is 5.96. The number of carboxylic acids is 1. The molecule has 0 spiro atoms. The summed E-state index contributed by atoms with van der Waals surface area (Å²) in [5.74, 6) is -1.08. The van der Waals surface area contributed by atoms with Gasteiger partial charge in [0.05, 0.1) is 17.2 Å². The van der Waals surface area contributed by atoms with Crippen molar-refractivity contribution >= 4 is 23.5 Å². The fraction of sp³-hybridized carbons (Fsp3) is 0.458. The van der Waals surface area contributed by atoms with Gasteiger partial charge in [-0.05, 0) is 43.5 Å². The SMILES string of the molecule is CC(=O)O.Cc1cc(Cl)ccc1OC1CCN(C[C@H](O)CNC(=O)c2c[nH]c(=O)cc2C(F)(F)F)CC1. The molecule has 1 aliphatic rings. The predicted molar refractivity (Wildman–Crippen MR) is 130 cm³/mol. The number of alkyl halides is 3. The molecule has 0 radical (unpaired) electrons. The molecule has 3 rings (SSSR count). The molecule has 1 fully saturated rings. The molecule has 0 unspecified atom stereocenters. The van der Waals surface area contributed by atoms with Crippen LogP contribution in [0.4, 0.5) is 13.2 Å². The largest absolute Gasteiger partial charge is 0.490 e. The summed E-state index contributed by atoms with van der Waals surface area (Å²) < 4.78 is 45.3. The van der Waals surface area contributed by atoms with Crippen molar-refractivity contribution < 1.29 is 37.7 Å². The summed E-state index contributed by atoms with van der Waals surface area (Å²) in [6.45, 7) is 4.37. The van der Waals surface area contributed by atoms with Gasteiger partial charge in [0.15, 0.2) is 0 Å². The van der Waals surface area contributed by atoms with Crippen molar-refractivity contribution in [2.45, 2.75) is 45.1 Å². The molecule has 9 nitrogen and oxygen atoms in total. The van der Waals surface area contributed by atoms with Crippen LogP contribution in [0.1, 0.15) is 41.3 Å². The van der Waals surface area contributed by atoms with Crippen LogP contribution in [-0.4, -0.2) is 70.4 Å². The summed E-state index contributed by atoms with van der Waals surface area (Å²) in [7, 11) is 0. The van der Waals surface area contributed by atoms with Crippen LogP contribution in [0.25, 0.3) is 0 Å². The maximum absolute atomic E-state index is 13.1. The molecule has 13 heteroatoms. The van der Waals surface area contributed by atoms with Gasteiger partial charge in [-0.2, -0.15) is 13.2 Å². The van der Waals surface area contributed by atoms with Crippen LogP contribution in [0.15, 0.2) is 35.3 Å². The summed E-state index contributed by atoms with van der Waals surface area (Å²) in [4.78, 5) is 36.5. The summed E-state index contributed by atoms with van der Waals surface area (Å²) in [6.07, 6.45) is -3.58. The first-order valence-corrected chi connectivity index (χ1v) is 11.7. The Morgan fingerprint density at radius 1 is 1.27 bits per heavy atom. The molecule has 0 bridgehead atoms. The van der Waals surface area contributed by atoms with Crippen LogP contribution in [0.2, 0.25) is 5.02 Å². The Labute approximate surface area is 216 Å². The number of hydrogen-bond acceptors (Lipinski definition) is 6. The van der Waals surface area contributed by atoms with Gasteiger partial charge in [-0.1, -0.05) is 11.6 Å². The number of pyridine rings is 1. The second kappa shape index (κ2) is 13.5. The molecule has 1 atom stereocenters. The monoisotopic (exact) mass is 547 g/mol. The number of aromatic nitrogens is 1. The topological polar surface area (TPSA) is 132 Å². The van der Waals surface area contributed by atoms with Crippen molar-refractivity contribution in [2.24, 2.45) is 0 Å². The van der Waals surface area contributed by atoms with Crippen LogP contribution in [0.3, 0.4) is 0 Å².